The summed E-state index contributed by atoms with van der Waals surface area (Å²) >= 11 is 2.64. The molecule has 0 saturated carbocycles. The predicted molar refractivity (Wildman–Crippen MR) is 26.5 cm³/mol. The molecule has 1 aliphatic carbocycles. The topological polar surface area (TPSA) is 0 Å². The monoisotopic (exact) mass is 219 g/mol. The van der Waals surface area contributed by atoms with Gasteiger partial charge < -0.3 is 9.41 Å². The molecule has 0 N–H and O–H groups in total. The molecule has 9 heavy (non-hydrogen) atoms. The molecule has 0 saturated heterocycles. The fourth-order valence-corrected chi connectivity index (χ4v) is 0.935. The Bertz CT molecular complexity index is 138. The van der Waals surface area contributed by atoms with E-state index in [1.165, 1.54) is 9.74 Å². The molecule has 0 aromatic carbocycles. The Hall–Kier alpha value is -0.0366. The van der Waals surface area contributed by atoms with Crippen LogP contribution in [0, 0.1) is 0 Å². The summed E-state index contributed by atoms with van der Waals surface area (Å²) in [6, 6.07) is 0. The number of allylic oxidation sites excluding steroid dienone is 4. The van der Waals surface area contributed by atoms with Crippen molar-refractivity contribution < 1.29 is 27.7 Å². The van der Waals surface area contributed by atoms with Crippen LogP contribution in [0.3, 0.4) is 0 Å². The summed E-state index contributed by atoms with van der Waals surface area (Å²) in [7, 11) is 0. The first-order valence-corrected chi connectivity index (χ1v) is 3.18. The molecule has 0 bridgehead atoms. The molecule has 0 spiro atoms. The SMILES string of the molecule is CC1=[C]([Ru+2])CC=C1.[F-].[F-]. The molecule has 0 unspecified atom stereocenters. The fraction of sp³-hybridized carbons (Fsp3) is 0.333. The van der Waals surface area contributed by atoms with E-state index < -0.39 is 0 Å². The minimum absolute atomic E-state index is 0. The Kier molecular flexibility index (Phi) is 6.26. The molecular formula is C6H7F2Ru. The first-order valence-electron chi connectivity index (χ1n) is 2.31. The fourth-order valence-electron chi connectivity index (χ4n) is 0.586. The molecule has 53 valence electrons. The first kappa shape index (κ1) is 11.7. The summed E-state index contributed by atoms with van der Waals surface area (Å²) in [6.45, 7) is 2.13. The van der Waals surface area contributed by atoms with Gasteiger partial charge in [-0.05, 0) is 0 Å². The molecule has 0 fully saturated rings. The normalized spacial score (nSPS) is 14.8. The van der Waals surface area contributed by atoms with Crippen LogP contribution in [0.15, 0.2) is 21.9 Å². The van der Waals surface area contributed by atoms with Gasteiger partial charge in [0, 0.05) is 0 Å². The maximum Gasteiger partial charge on any atom is -1.00 e. The average molecular weight is 218 g/mol. The van der Waals surface area contributed by atoms with E-state index in [0.29, 0.717) is 0 Å². The van der Waals surface area contributed by atoms with E-state index in [1.54, 1.807) is 0 Å². The van der Waals surface area contributed by atoms with Gasteiger partial charge in [0.25, 0.3) is 0 Å². The van der Waals surface area contributed by atoms with Crippen molar-refractivity contribution in [2.45, 2.75) is 13.3 Å². The Morgan fingerprint density at radius 1 is 1.44 bits per heavy atom. The van der Waals surface area contributed by atoms with Crippen LogP contribution in [-0.4, -0.2) is 0 Å². The van der Waals surface area contributed by atoms with Crippen LogP contribution in [-0.2, 0) is 18.3 Å². The largest absolute Gasteiger partial charge is 1.00 e. The van der Waals surface area contributed by atoms with Crippen LogP contribution in [0.5, 0.6) is 0 Å². The van der Waals surface area contributed by atoms with Crippen molar-refractivity contribution in [1.82, 2.24) is 0 Å². The zero-order chi connectivity index (χ0) is 5.28. The summed E-state index contributed by atoms with van der Waals surface area (Å²) in [5, 5.41) is 0. The number of hydrogen-bond acceptors (Lipinski definition) is 0. The predicted octanol–water partition coefficient (Wildman–Crippen LogP) is -4.22. The third-order valence-electron chi connectivity index (χ3n) is 1.08. The number of hydrogen-bond donors (Lipinski definition) is 0. The van der Waals surface area contributed by atoms with Crippen molar-refractivity contribution in [2.24, 2.45) is 0 Å². The van der Waals surface area contributed by atoms with Gasteiger partial charge in [0.2, 0.25) is 0 Å². The van der Waals surface area contributed by atoms with Crippen LogP contribution >= 0.6 is 0 Å². The van der Waals surface area contributed by atoms with Crippen molar-refractivity contribution in [3.05, 3.63) is 21.9 Å². The number of rotatable bonds is 0. The van der Waals surface area contributed by atoms with E-state index in [9.17, 15) is 0 Å². The second kappa shape index (κ2) is 4.81. The molecule has 0 aromatic rings. The van der Waals surface area contributed by atoms with Gasteiger partial charge in [0.1, 0.15) is 0 Å². The van der Waals surface area contributed by atoms with Gasteiger partial charge in [0.05, 0.1) is 0 Å². The molecular weight excluding hydrogens is 211 g/mol. The summed E-state index contributed by atoms with van der Waals surface area (Å²) < 4.78 is 1.44. The molecule has 1 rings (SSSR count). The van der Waals surface area contributed by atoms with Gasteiger partial charge in [-0.25, -0.2) is 0 Å². The van der Waals surface area contributed by atoms with Gasteiger partial charge in [0.15, 0.2) is 0 Å². The van der Waals surface area contributed by atoms with Crippen molar-refractivity contribution in [3.63, 3.8) is 0 Å². The van der Waals surface area contributed by atoms with E-state index in [1.807, 2.05) is 0 Å². The molecule has 0 aromatic heterocycles. The van der Waals surface area contributed by atoms with Crippen LogP contribution in [0.1, 0.15) is 13.3 Å². The zero-order valence-electron chi connectivity index (χ0n) is 4.97. The van der Waals surface area contributed by atoms with E-state index in [2.05, 4.69) is 37.4 Å². The average Bonchev–Trinajstić information content (AvgIpc) is 1.91. The van der Waals surface area contributed by atoms with Gasteiger partial charge in [-0.3, -0.25) is 0 Å². The summed E-state index contributed by atoms with van der Waals surface area (Å²) in [4.78, 5) is 0. The maximum absolute atomic E-state index is 2.64. The Labute approximate surface area is 63.4 Å². The van der Waals surface area contributed by atoms with Gasteiger partial charge >= 0.3 is 53.5 Å². The molecule has 0 aliphatic heterocycles. The first-order chi connectivity index (χ1) is 3.30. The van der Waals surface area contributed by atoms with Crippen molar-refractivity contribution >= 4 is 0 Å². The second-order valence-corrected chi connectivity index (χ2v) is 2.73. The quantitative estimate of drug-likeness (QED) is 0.362. The summed E-state index contributed by atoms with van der Waals surface area (Å²) in [5.41, 5.74) is 1.41. The van der Waals surface area contributed by atoms with E-state index in [4.69, 9.17) is 0 Å². The molecule has 3 heteroatoms. The van der Waals surface area contributed by atoms with Crippen molar-refractivity contribution in [3.8, 4) is 0 Å². The minimum Gasteiger partial charge on any atom is -1.00 e. The minimum atomic E-state index is 0. The Balaban J connectivity index is 0. The molecule has 1 aliphatic rings. The maximum atomic E-state index is 2.64. The number of halogens is 2. The molecule has 0 nitrogen and oxygen atoms in total. The zero-order valence-corrected chi connectivity index (χ0v) is 6.71. The molecule has 0 amide bonds. The molecule has 0 heterocycles. The van der Waals surface area contributed by atoms with Crippen molar-refractivity contribution in [2.75, 3.05) is 0 Å². The third kappa shape index (κ3) is 2.85. The molecule has 0 atom stereocenters. The van der Waals surface area contributed by atoms with Gasteiger partial charge in [-0.2, -0.15) is 0 Å². The Morgan fingerprint density at radius 3 is 2.11 bits per heavy atom. The smallest absolute Gasteiger partial charge is 1.00 e. The summed E-state index contributed by atoms with van der Waals surface area (Å²) in [6.07, 6.45) is 5.48. The Morgan fingerprint density at radius 2 is 2.00 bits per heavy atom. The van der Waals surface area contributed by atoms with Gasteiger partial charge in [-0.1, -0.05) is 0 Å². The van der Waals surface area contributed by atoms with Gasteiger partial charge in [-0.15, -0.1) is 0 Å². The van der Waals surface area contributed by atoms with E-state index in [0.717, 1.165) is 6.42 Å². The third-order valence-corrected chi connectivity index (χ3v) is 2.12. The molecule has 0 radical (unpaired) electrons. The second-order valence-electron chi connectivity index (χ2n) is 1.68. The van der Waals surface area contributed by atoms with Crippen LogP contribution < -0.4 is 9.41 Å². The standard InChI is InChI=1S/C6H7.2FH.Ru/c1-6-4-2-3-5-6;;;/h2,4H,3H2,1H3;2*1H;/q;;;+2/p-2. The van der Waals surface area contributed by atoms with Crippen molar-refractivity contribution in [1.29, 1.82) is 0 Å². The van der Waals surface area contributed by atoms with Crippen LogP contribution in [0.25, 0.3) is 0 Å². The van der Waals surface area contributed by atoms with Crippen LogP contribution in [0.4, 0.5) is 0 Å². The van der Waals surface area contributed by atoms with E-state index in [-0.39, 0.29) is 9.41 Å². The summed E-state index contributed by atoms with van der Waals surface area (Å²) in [5.74, 6) is 0. The van der Waals surface area contributed by atoms with Crippen LogP contribution in [0.2, 0.25) is 0 Å². The van der Waals surface area contributed by atoms with E-state index >= 15 is 0 Å².